The predicted octanol–water partition coefficient (Wildman–Crippen LogP) is 1.35. The summed E-state index contributed by atoms with van der Waals surface area (Å²) >= 11 is 0. The molecule has 0 bridgehead atoms. The van der Waals surface area contributed by atoms with Crippen molar-refractivity contribution in [2.24, 2.45) is 5.92 Å². The number of nitrogens with one attached hydrogen (secondary N) is 2. The van der Waals surface area contributed by atoms with E-state index in [1.54, 1.807) is 28.5 Å². The van der Waals surface area contributed by atoms with Gasteiger partial charge in [0, 0.05) is 44.3 Å². The summed E-state index contributed by atoms with van der Waals surface area (Å²) in [7, 11) is 0. The highest BCUT2D eigenvalue weighted by molar-refractivity contribution is 6.04. The van der Waals surface area contributed by atoms with E-state index >= 15 is 0 Å². The van der Waals surface area contributed by atoms with Gasteiger partial charge in [-0.2, -0.15) is 0 Å². The summed E-state index contributed by atoms with van der Waals surface area (Å²) in [6.07, 6.45) is 6.93. The average molecular weight is 356 g/mol. The van der Waals surface area contributed by atoms with Crippen molar-refractivity contribution in [3.05, 3.63) is 36.8 Å². The summed E-state index contributed by atoms with van der Waals surface area (Å²) in [6.45, 7) is 9.36. The topological polar surface area (TPSA) is 94.2 Å². The minimum atomic E-state index is -0.143. The highest BCUT2D eigenvalue weighted by atomic mass is 16.2. The molecule has 3 rings (SSSR count). The minimum absolute atomic E-state index is 0.0453. The summed E-state index contributed by atoms with van der Waals surface area (Å²) < 4.78 is 0. The standard InChI is InChI=1S/C18H24N6O2/c1-4-15(25)23-9-6-14(12(3)11-23)22-24(5-2)18(26)13-10-21-17-16(13)19-7-8-20-17/h4,7-8,10,12,14,22H,1,5-6,9,11H2,2-3H3,(H,20,21)/t12-,14+/m0/s1. The van der Waals surface area contributed by atoms with E-state index in [1.165, 1.54) is 6.08 Å². The van der Waals surface area contributed by atoms with Gasteiger partial charge in [0.2, 0.25) is 5.91 Å². The molecule has 0 aliphatic carbocycles. The molecule has 1 fully saturated rings. The van der Waals surface area contributed by atoms with Crippen molar-refractivity contribution in [1.82, 2.24) is 30.3 Å². The molecule has 1 saturated heterocycles. The Morgan fingerprint density at radius 1 is 1.46 bits per heavy atom. The van der Waals surface area contributed by atoms with Crippen LogP contribution >= 0.6 is 0 Å². The van der Waals surface area contributed by atoms with Gasteiger partial charge < -0.3 is 9.88 Å². The highest BCUT2D eigenvalue weighted by Gasteiger charge is 2.30. The van der Waals surface area contributed by atoms with E-state index in [2.05, 4.69) is 33.9 Å². The Kier molecular flexibility index (Phi) is 5.32. The van der Waals surface area contributed by atoms with Crippen molar-refractivity contribution < 1.29 is 9.59 Å². The van der Waals surface area contributed by atoms with Gasteiger partial charge >= 0.3 is 0 Å². The van der Waals surface area contributed by atoms with Crippen LogP contribution in [0.25, 0.3) is 11.2 Å². The van der Waals surface area contributed by atoms with Crippen molar-refractivity contribution >= 4 is 23.0 Å². The zero-order valence-corrected chi connectivity index (χ0v) is 15.1. The van der Waals surface area contributed by atoms with Crippen molar-refractivity contribution in [2.75, 3.05) is 19.6 Å². The number of aromatic nitrogens is 3. The average Bonchev–Trinajstić information content (AvgIpc) is 3.10. The van der Waals surface area contributed by atoms with Crippen LogP contribution in [0.3, 0.4) is 0 Å². The molecule has 1 aliphatic rings. The number of rotatable bonds is 5. The van der Waals surface area contributed by atoms with Crippen LogP contribution in [0.4, 0.5) is 0 Å². The molecular formula is C18H24N6O2. The van der Waals surface area contributed by atoms with E-state index in [-0.39, 0.29) is 23.8 Å². The lowest BCUT2D eigenvalue weighted by atomic mass is 9.94. The Bertz CT molecular complexity index is 817. The molecule has 0 saturated carbocycles. The number of fused-ring (bicyclic) bond motifs is 1. The molecule has 2 aromatic heterocycles. The minimum Gasteiger partial charge on any atom is -0.344 e. The molecule has 2 amide bonds. The first-order valence-corrected chi connectivity index (χ1v) is 8.82. The number of H-pyrrole nitrogens is 1. The molecule has 8 heteroatoms. The SMILES string of the molecule is C=CC(=O)N1CC[C@@H](NN(CC)C(=O)c2c[nH]c3nccnc23)[C@@H](C)C1. The Morgan fingerprint density at radius 2 is 2.23 bits per heavy atom. The fourth-order valence-corrected chi connectivity index (χ4v) is 3.32. The number of hydrazine groups is 1. The molecule has 2 atom stereocenters. The van der Waals surface area contributed by atoms with Gasteiger partial charge in [-0.15, -0.1) is 0 Å². The van der Waals surface area contributed by atoms with Gasteiger partial charge in [0.25, 0.3) is 5.91 Å². The van der Waals surface area contributed by atoms with Gasteiger partial charge in [0.05, 0.1) is 5.56 Å². The second-order valence-corrected chi connectivity index (χ2v) is 6.50. The predicted molar refractivity (Wildman–Crippen MR) is 98.1 cm³/mol. The highest BCUT2D eigenvalue weighted by Crippen LogP contribution is 2.19. The third-order valence-corrected chi connectivity index (χ3v) is 4.81. The Hall–Kier alpha value is -2.74. The molecular weight excluding hydrogens is 332 g/mol. The van der Waals surface area contributed by atoms with Crippen LogP contribution in [0.1, 0.15) is 30.6 Å². The zero-order valence-electron chi connectivity index (χ0n) is 15.1. The second kappa shape index (κ2) is 7.65. The monoisotopic (exact) mass is 356 g/mol. The van der Waals surface area contributed by atoms with Gasteiger partial charge in [-0.25, -0.2) is 10.4 Å². The Morgan fingerprint density at radius 3 is 2.92 bits per heavy atom. The van der Waals surface area contributed by atoms with Gasteiger partial charge in [-0.05, 0) is 25.3 Å². The van der Waals surface area contributed by atoms with Crippen LogP contribution in [0.15, 0.2) is 31.2 Å². The van der Waals surface area contributed by atoms with Crippen LogP contribution < -0.4 is 5.43 Å². The fraction of sp³-hybridized carbons (Fsp3) is 0.444. The number of piperidine rings is 1. The molecule has 0 spiro atoms. The maximum absolute atomic E-state index is 12.9. The summed E-state index contributed by atoms with van der Waals surface area (Å²) in [5.74, 6) is 0.0319. The largest absolute Gasteiger partial charge is 0.344 e. The third kappa shape index (κ3) is 3.45. The second-order valence-electron chi connectivity index (χ2n) is 6.50. The number of hydrogen-bond acceptors (Lipinski definition) is 5. The van der Waals surface area contributed by atoms with E-state index < -0.39 is 0 Å². The van der Waals surface area contributed by atoms with Crippen LogP contribution in [0.2, 0.25) is 0 Å². The van der Waals surface area contributed by atoms with Crippen molar-refractivity contribution in [3.63, 3.8) is 0 Å². The smallest absolute Gasteiger partial charge is 0.271 e. The van der Waals surface area contributed by atoms with Crippen LogP contribution in [0, 0.1) is 5.92 Å². The van der Waals surface area contributed by atoms with E-state index in [1.807, 2.05) is 6.92 Å². The fourth-order valence-electron chi connectivity index (χ4n) is 3.32. The number of nitrogens with zero attached hydrogens (tertiary/aromatic N) is 4. The summed E-state index contributed by atoms with van der Waals surface area (Å²) in [4.78, 5) is 38.0. The molecule has 3 heterocycles. The molecule has 8 nitrogen and oxygen atoms in total. The number of aromatic amines is 1. The van der Waals surface area contributed by atoms with Crippen molar-refractivity contribution in [2.45, 2.75) is 26.3 Å². The molecule has 0 radical (unpaired) electrons. The lowest BCUT2D eigenvalue weighted by Crippen LogP contribution is -2.56. The van der Waals surface area contributed by atoms with Gasteiger partial charge in [-0.1, -0.05) is 13.5 Å². The maximum atomic E-state index is 12.9. The summed E-state index contributed by atoms with van der Waals surface area (Å²) in [5.41, 5.74) is 5.00. The van der Waals surface area contributed by atoms with Crippen LogP contribution in [0.5, 0.6) is 0 Å². The van der Waals surface area contributed by atoms with E-state index in [0.717, 1.165) is 6.42 Å². The van der Waals surface area contributed by atoms with Gasteiger partial charge in [0.15, 0.2) is 5.65 Å². The maximum Gasteiger partial charge on any atom is 0.271 e. The number of amides is 2. The van der Waals surface area contributed by atoms with E-state index in [0.29, 0.717) is 36.4 Å². The molecule has 0 unspecified atom stereocenters. The van der Waals surface area contributed by atoms with Gasteiger partial charge in [0.1, 0.15) is 5.52 Å². The first-order chi connectivity index (χ1) is 12.5. The first-order valence-electron chi connectivity index (χ1n) is 8.82. The van der Waals surface area contributed by atoms with E-state index in [4.69, 9.17) is 0 Å². The lowest BCUT2D eigenvalue weighted by molar-refractivity contribution is -0.128. The normalized spacial score (nSPS) is 20.2. The molecule has 138 valence electrons. The van der Waals surface area contributed by atoms with Crippen molar-refractivity contribution in [3.8, 4) is 0 Å². The molecule has 2 N–H and O–H groups in total. The number of carbonyl (C=O) groups is 2. The van der Waals surface area contributed by atoms with Crippen molar-refractivity contribution in [1.29, 1.82) is 0 Å². The molecule has 2 aromatic rings. The lowest BCUT2D eigenvalue weighted by Gasteiger charge is -2.39. The molecule has 1 aliphatic heterocycles. The van der Waals surface area contributed by atoms with Crippen LogP contribution in [-0.2, 0) is 4.79 Å². The van der Waals surface area contributed by atoms with Crippen LogP contribution in [-0.4, -0.2) is 62.4 Å². The number of carbonyl (C=O) groups excluding carboxylic acids is 2. The number of likely N-dealkylation sites (tertiary alicyclic amines) is 1. The summed E-state index contributed by atoms with van der Waals surface area (Å²) in [5, 5.41) is 1.61. The third-order valence-electron chi connectivity index (χ3n) is 4.81. The molecule has 26 heavy (non-hydrogen) atoms. The number of hydrogen-bond donors (Lipinski definition) is 2. The Labute approximate surface area is 152 Å². The van der Waals surface area contributed by atoms with E-state index in [9.17, 15) is 9.59 Å². The van der Waals surface area contributed by atoms with Gasteiger partial charge in [-0.3, -0.25) is 19.6 Å². The molecule has 0 aromatic carbocycles. The zero-order chi connectivity index (χ0) is 18.7. The quantitative estimate of drug-likeness (QED) is 0.623. The summed E-state index contributed by atoms with van der Waals surface area (Å²) in [6, 6.07) is 0.115. The Balaban J connectivity index is 1.70. The first kappa shape index (κ1) is 18.1.